The molecule has 1 heterocycles. The number of rotatable bonds is 10. The number of aliphatic imine (C=N–C) groups is 1. The first kappa shape index (κ1) is 27.0. The largest absolute Gasteiger partial charge is 0.465 e. The molecule has 0 spiro atoms. The number of carbonyl (C=O) groups excluding carboxylic acids is 3. The number of esters is 3. The monoisotopic (exact) mass is 469 g/mol. The summed E-state index contributed by atoms with van der Waals surface area (Å²) in [5, 5.41) is 0. The summed E-state index contributed by atoms with van der Waals surface area (Å²) in [5.41, 5.74) is 3.32. The molecular weight excluding hydrogens is 434 g/mol. The van der Waals surface area contributed by atoms with Crippen LogP contribution in [-0.2, 0) is 28.6 Å². The molecule has 0 radical (unpaired) electrons. The van der Waals surface area contributed by atoms with Gasteiger partial charge < -0.3 is 14.2 Å². The van der Waals surface area contributed by atoms with Crippen LogP contribution in [0.4, 0.5) is 0 Å². The minimum atomic E-state index is -0.797. The van der Waals surface area contributed by atoms with Crippen molar-refractivity contribution in [3.05, 3.63) is 52.2 Å². The van der Waals surface area contributed by atoms with Gasteiger partial charge in [-0.25, -0.2) is 9.59 Å². The summed E-state index contributed by atoms with van der Waals surface area (Å²) in [6.45, 7) is 11.5. The fraction of sp³-hybridized carbons (Fsp3) is 0.481. The molecule has 1 aliphatic heterocycles. The molecule has 0 fully saturated rings. The van der Waals surface area contributed by atoms with E-state index in [9.17, 15) is 14.4 Å². The standard InChI is InChI=1S/C27H35NO6/c1-7-15-34-25(29)19(8-2)16-20-13-11-12-14-21(20)24-22(26(30)32-9-3)17(5)28-18(6)23(24)27(31)33-10-4/h11-14,16,22,24H,7-10,15H2,1-6H3. The molecule has 0 saturated heterocycles. The second-order valence-corrected chi connectivity index (χ2v) is 7.97. The molecule has 0 N–H and O–H groups in total. The van der Waals surface area contributed by atoms with Gasteiger partial charge in [0, 0.05) is 22.9 Å². The Labute approximate surface area is 201 Å². The van der Waals surface area contributed by atoms with E-state index in [0.29, 0.717) is 41.1 Å². The zero-order chi connectivity index (χ0) is 25.3. The Morgan fingerprint density at radius 2 is 1.65 bits per heavy atom. The third-order valence-corrected chi connectivity index (χ3v) is 5.61. The van der Waals surface area contributed by atoms with Crippen molar-refractivity contribution in [1.29, 1.82) is 0 Å². The lowest BCUT2D eigenvalue weighted by atomic mass is 9.74. The van der Waals surface area contributed by atoms with Crippen molar-refractivity contribution in [3.8, 4) is 0 Å². The van der Waals surface area contributed by atoms with E-state index in [-0.39, 0.29) is 19.2 Å². The average molecular weight is 470 g/mol. The zero-order valence-corrected chi connectivity index (χ0v) is 21.0. The number of hydrogen-bond donors (Lipinski definition) is 0. The van der Waals surface area contributed by atoms with E-state index in [1.54, 1.807) is 33.8 Å². The van der Waals surface area contributed by atoms with Crippen LogP contribution < -0.4 is 0 Å². The molecule has 184 valence electrons. The smallest absolute Gasteiger partial charge is 0.336 e. The second-order valence-electron chi connectivity index (χ2n) is 7.97. The van der Waals surface area contributed by atoms with Crippen LogP contribution in [0.3, 0.4) is 0 Å². The number of allylic oxidation sites excluding steroid dienone is 1. The molecule has 0 amide bonds. The maximum atomic E-state index is 13.1. The zero-order valence-electron chi connectivity index (χ0n) is 21.0. The van der Waals surface area contributed by atoms with Gasteiger partial charge in [-0.3, -0.25) is 9.79 Å². The van der Waals surface area contributed by atoms with E-state index in [1.165, 1.54) is 0 Å². The summed E-state index contributed by atoms with van der Waals surface area (Å²) in [5.74, 6) is -2.82. The van der Waals surface area contributed by atoms with E-state index in [1.807, 2.05) is 38.1 Å². The van der Waals surface area contributed by atoms with Crippen molar-refractivity contribution in [1.82, 2.24) is 0 Å². The van der Waals surface area contributed by atoms with Crippen molar-refractivity contribution >= 4 is 29.7 Å². The number of carbonyl (C=O) groups is 3. The molecule has 2 unspecified atom stereocenters. The molecule has 1 aromatic carbocycles. The van der Waals surface area contributed by atoms with E-state index in [0.717, 1.165) is 12.0 Å². The minimum absolute atomic E-state index is 0.194. The van der Waals surface area contributed by atoms with Gasteiger partial charge in [0.1, 0.15) is 5.92 Å². The number of hydrogen-bond acceptors (Lipinski definition) is 7. The highest BCUT2D eigenvalue weighted by Crippen LogP contribution is 2.42. The Hall–Kier alpha value is -3.22. The highest BCUT2D eigenvalue weighted by Gasteiger charge is 2.43. The van der Waals surface area contributed by atoms with Gasteiger partial charge in [0.05, 0.1) is 25.4 Å². The lowest BCUT2D eigenvalue weighted by Crippen LogP contribution is -2.37. The van der Waals surface area contributed by atoms with Crippen LogP contribution >= 0.6 is 0 Å². The summed E-state index contributed by atoms with van der Waals surface area (Å²) >= 11 is 0. The first-order chi connectivity index (χ1) is 16.3. The van der Waals surface area contributed by atoms with Crippen molar-refractivity contribution in [3.63, 3.8) is 0 Å². The second kappa shape index (κ2) is 12.9. The van der Waals surface area contributed by atoms with Gasteiger partial charge in [-0.2, -0.15) is 0 Å². The average Bonchev–Trinajstić information content (AvgIpc) is 2.80. The molecule has 7 heteroatoms. The summed E-state index contributed by atoms with van der Waals surface area (Å²) < 4.78 is 16.0. The van der Waals surface area contributed by atoms with Crippen molar-refractivity contribution in [2.45, 2.75) is 60.3 Å². The SMILES string of the molecule is CCCOC(=O)C(=Cc1ccccc1C1C(C(=O)OCC)=C(C)N=C(C)C1C(=O)OCC)CC. The number of nitrogens with zero attached hydrogens (tertiary/aromatic N) is 1. The topological polar surface area (TPSA) is 91.3 Å². The Morgan fingerprint density at radius 3 is 2.26 bits per heavy atom. The molecule has 0 saturated carbocycles. The Bertz CT molecular complexity index is 1000. The molecule has 0 bridgehead atoms. The fourth-order valence-corrected chi connectivity index (χ4v) is 4.09. The lowest BCUT2D eigenvalue weighted by Gasteiger charge is -2.32. The number of benzene rings is 1. The van der Waals surface area contributed by atoms with E-state index in [4.69, 9.17) is 14.2 Å². The third kappa shape index (κ3) is 6.22. The van der Waals surface area contributed by atoms with Crippen LogP contribution in [0.2, 0.25) is 0 Å². The summed E-state index contributed by atoms with van der Waals surface area (Å²) in [4.78, 5) is 43.2. The van der Waals surface area contributed by atoms with Crippen molar-refractivity contribution in [2.24, 2.45) is 10.9 Å². The van der Waals surface area contributed by atoms with Gasteiger partial charge in [-0.05, 0) is 57.7 Å². The molecule has 0 aromatic heterocycles. The summed E-state index contributed by atoms with van der Waals surface area (Å²) in [6.07, 6.45) is 2.98. The highest BCUT2D eigenvalue weighted by atomic mass is 16.5. The first-order valence-corrected chi connectivity index (χ1v) is 11.9. The van der Waals surface area contributed by atoms with E-state index in [2.05, 4.69) is 4.99 Å². The molecule has 2 atom stereocenters. The predicted octanol–water partition coefficient (Wildman–Crippen LogP) is 5.01. The molecule has 1 aliphatic rings. The van der Waals surface area contributed by atoms with Crippen LogP contribution in [0.1, 0.15) is 71.4 Å². The molecule has 1 aromatic rings. The van der Waals surface area contributed by atoms with Crippen LogP contribution in [0.5, 0.6) is 0 Å². The van der Waals surface area contributed by atoms with E-state index < -0.39 is 23.8 Å². The Balaban J connectivity index is 2.72. The van der Waals surface area contributed by atoms with Gasteiger partial charge in [0.2, 0.25) is 0 Å². The number of ether oxygens (including phenoxy) is 3. The van der Waals surface area contributed by atoms with Gasteiger partial charge in [-0.15, -0.1) is 0 Å². The maximum Gasteiger partial charge on any atom is 0.336 e. The molecule has 7 nitrogen and oxygen atoms in total. The molecular formula is C27H35NO6. The van der Waals surface area contributed by atoms with E-state index >= 15 is 0 Å². The van der Waals surface area contributed by atoms with Gasteiger partial charge in [0.25, 0.3) is 0 Å². The first-order valence-electron chi connectivity index (χ1n) is 11.9. The quantitative estimate of drug-likeness (QED) is 0.272. The predicted molar refractivity (Wildman–Crippen MR) is 131 cm³/mol. The maximum absolute atomic E-state index is 13.1. The summed E-state index contributed by atoms with van der Waals surface area (Å²) in [6, 6.07) is 7.41. The van der Waals surface area contributed by atoms with Crippen molar-refractivity contribution in [2.75, 3.05) is 19.8 Å². The lowest BCUT2D eigenvalue weighted by molar-refractivity contribution is -0.146. The van der Waals surface area contributed by atoms with Gasteiger partial charge >= 0.3 is 17.9 Å². The van der Waals surface area contributed by atoms with Crippen LogP contribution in [-0.4, -0.2) is 43.4 Å². The third-order valence-electron chi connectivity index (χ3n) is 5.61. The van der Waals surface area contributed by atoms with Gasteiger partial charge in [0.15, 0.2) is 0 Å². The fourth-order valence-electron chi connectivity index (χ4n) is 4.09. The van der Waals surface area contributed by atoms with Crippen LogP contribution in [0, 0.1) is 5.92 Å². The van der Waals surface area contributed by atoms with Crippen LogP contribution in [0.15, 0.2) is 46.1 Å². The molecule has 34 heavy (non-hydrogen) atoms. The summed E-state index contributed by atoms with van der Waals surface area (Å²) in [7, 11) is 0. The molecule has 2 rings (SSSR count). The van der Waals surface area contributed by atoms with Crippen LogP contribution in [0.25, 0.3) is 6.08 Å². The van der Waals surface area contributed by atoms with Crippen molar-refractivity contribution < 1.29 is 28.6 Å². The normalized spacial score (nSPS) is 18.3. The highest BCUT2D eigenvalue weighted by molar-refractivity contribution is 6.07. The molecule has 0 aliphatic carbocycles. The Kier molecular flexibility index (Phi) is 10.2. The minimum Gasteiger partial charge on any atom is -0.465 e. The Morgan fingerprint density at radius 1 is 0.971 bits per heavy atom. The van der Waals surface area contributed by atoms with Gasteiger partial charge in [-0.1, -0.05) is 38.1 Å².